The maximum atomic E-state index is 12.1. The maximum absolute atomic E-state index is 12.1. The molecule has 0 aliphatic carbocycles. The number of aryl methyl sites for hydroxylation is 1. The Kier molecular flexibility index (Phi) is 7.55. The Balaban J connectivity index is 1.75. The van der Waals surface area contributed by atoms with Gasteiger partial charge in [0, 0.05) is 17.4 Å². The van der Waals surface area contributed by atoms with Crippen molar-refractivity contribution in [3.63, 3.8) is 0 Å². The Hall–Kier alpha value is -2.76. The van der Waals surface area contributed by atoms with Crippen LogP contribution < -0.4 is 5.32 Å². The Labute approximate surface area is 187 Å². The first kappa shape index (κ1) is 21.9. The van der Waals surface area contributed by atoms with E-state index in [-0.39, 0.29) is 5.97 Å². The van der Waals surface area contributed by atoms with Crippen molar-refractivity contribution in [2.75, 3.05) is 11.9 Å². The number of esters is 1. The second-order valence-electron chi connectivity index (χ2n) is 6.92. The quantitative estimate of drug-likeness (QED) is 0.188. The zero-order valence-electron chi connectivity index (χ0n) is 16.9. The number of carbonyl (C=O) groups is 1. The fourth-order valence-electron chi connectivity index (χ4n) is 2.93. The zero-order chi connectivity index (χ0) is 21.5. The second kappa shape index (κ2) is 10.3. The molecule has 1 aromatic heterocycles. The fourth-order valence-corrected chi connectivity index (χ4v) is 3.67. The average Bonchev–Trinajstić information content (AvgIpc) is 2.74. The summed E-state index contributed by atoms with van der Waals surface area (Å²) in [7, 11) is 0. The lowest BCUT2D eigenvalue weighted by atomic mass is 10.00. The summed E-state index contributed by atoms with van der Waals surface area (Å²) in [5.41, 5.74) is 4.75. The molecule has 1 heterocycles. The molecule has 0 aliphatic rings. The molecule has 0 aliphatic heterocycles. The molecule has 3 rings (SSSR count). The van der Waals surface area contributed by atoms with Crippen LogP contribution in [-0.4, -0.2) is 22.4 Å². The number of pyridine rings is 1. The number of hydrogen-bond acceptors (Lipinski definition) is 5. The van der Waals surface area contributed by atoms with E-state index in [1.54, 1.807) is 12.3 Å². The van der Waals surface area contributed by atoms with Crippen LogP contribution in [0.1, 0.15) is 46.8 Å². The molecule has 0 amide bonds. The van der Waals surface area contributed by atoms with Crippen molar-refractivity contribution in [2.45, 2.75) is 26.7 Å². The monoisotopic (exact) mass is 438 g/mol. The van der Waals surface area contributed by atoms with Crippen LogP contribution in [0.25, 0.3) is 0 Å². The summed E-state index contributed by atoms with van der Waals surface area (Å²) in [5.74, 6) is -0.378. The number of hydrogen-bond donors (Lipinski definition) is 1. The summed E-state index contributed by atoms with van der Waals surface area (Å²) < 4.78 is 5.24. The van der Waals surface area contributed by atoms with Crippen molar-refractivity contribution in [2.24, 2.45) is 0 Å². The minimum atomic E-state index is -0.378. The number of carbonyl (C=O) groups excluding carboxylic acids is 1. The summed E-state index contributed by atoms with van der Waals surface area (Å²) in [6.45, 7) is 4.48. The van der Waals surface area contributed by atoms with E-state index in [9.17, 15) is 4.79 Å². The van der Waals surface area contributed by atoms with Crippen molar-refractivity contribution in [1.29, 1.82) is 0 Å². The molecule has 3 aromatic rings. The third-order valence-electron chi connectivity index (χ3n) is 4.60. The van der Waals surface area contributed by atoms with E-state index >= 15 is 0 Å². The molecule has 0 bridgehead atoms. The Bertz CT molecular complexity index is 1070. The number of benzene rings is 2. The van der Waals surface area contributed by atoms with Gasteiger partial charge in [-0.3, -0.25) is 4.98 Å². The summed E-state index contributed by atoms with van der Waals surface area (Å²) in [4.78, 5) is 17.0. The second-order valence-corrected chi connectivity index (χ2v) is 7.73. The smallest absolute Gasteiger partial charge is 0.339 e. The van der Waals surface area contributed by atoms with Gasteiger partial charge in [-0.05, 0) is 48.7 Å². The Morgan fingerprint density at radius 2 is 1.90 bits per heavy atom. The highest BCUT2D eigenvalue weighted by Crippen LogP contribution is 2.27. The van der Waals surface area contributed by atoms with Crippen LogP contribution in [0.2, 0.25) is 5.02 Å². The number of thiocarbonyl (C=S) groups is 1. The maximum Gasteiger partial charge on any atom is 0.339 e. The van der Waals surface area contributed by atoms with Crippen molar-refractivity contribution < 1.29 is 9.53 Å². The average molecular weight is 439 g/mol. The minimum Gasteiger partial charge on any atom is -0.462 e. The molecule has 0 unspecified atom stereocenters. The van der Waals surface area contributed by atoms with Crippen LogP contribution in [0.5, 0.6) is 0 Å². The molecule has 2 aromatic carbocycles. The number of rotatable bonds is 8. The molecular weight excluding hydrogens is 416 g/mol. The third-order valence-corrected chi connectivity index (χ3v) is 5.35. The first-order chi connectivity index (χ1) is 14.5. The van der Waals surface area contributed by atoms with Gasteiger partial charge in [0.25, 0.3) is 0 Å². The van der Waals surface area contributed by atoms with Crippen molar-refractivity contribution in [3.05, 3.63) is 88.2 Å². The van der Waals surface area contributed by atoms with E-state index in [2.05, 4.69) is 10.3 Å². The summed E-state index contributed by atoms with van der Waals surface area (Å²) in [5, 5.41) is 3.78. The van der Waals surface area contributed by atoms with Gasteiger partial charge in [-0.25, -0.2) is 4.79 Å². The molecule has 0 atom stereocenters. The first-order valence-electron chi connectivity index (χ1n) is 9.78. The normalized spacial score (nSPS) is 10.5. The van der Waals surface area contributed by atoms with E-state index in [1.165, 1.54) is 6.20 Å². The number of halogens is 1. The molecule has 0 fully saturated rings. The van der Waals surface area contributed by atoms with Crippen LogP contribution in [0, 0.1) is 6.92 Å². The van der Waals surface area contributed by atoms with Crippen LogP contribution >= 0.6 is 23.8 Å². The molecule has 0 saturated carbocycles. The molecule has 0 spiro atoms. The van der Waals surface area contributed by atoms with Crippen molar-refractivity contribution in [1.82, 2.24) is 4.98 Å². The van der Waals surface area contributed by atoms with E-state index in [4.69, 9.17) is 28.6 Å². The lowest BCUT2D eigenvalue weighted by Gasteiger charge is -2.12. The molecule has 4 nitrogen and oxygen atoms in total. The van der Waals surface area contributed by atoms with E-state index < -0.39 is 0 Å². The number of anilines is 2. The zero-order valence-corrected chi connectivity index (χ0v) is 18.5. The van der Waals surface area contributed by atoms with Crippen molar-refractivity contribution in [3.8, 4) is 0 Å². The highest BCUT2D eigenvalue weighted by molar-refractivity contribution is 7.81. The van der Waals surface area contributed by atoms with Gasteiger partial charge in [0.05, 0.1) is 33.9 Å². The number of unbranched alkanes of at least 4 members (excludes halogenated alkanes) is 1. The Morgan fingerprint density at radius 1 is 1.10 bits per heavy atom. The molecule has 0 radical (unpaired) electrons. The van der Waals surface area contributed by atoms with Gasteiger partial charge in [0.1, 0.15) is 0 Å². The molecule has 30 heavy (non-hydrogen) atoms. The third kappa shape index (κ3) is 5.43. The van der Waals surface area contributed by atoms with Gasteiger partial charge in [0.2, 0.25) is 0 Å². The summed E-state index contributed by atoms with van der Waals surface area (Å²) in [6.07, 6.45) is 4.95. The van der Waals surface area contributed by atoms with Gasteiger partial charge in [-0.15, -0.1) is 0 Å². The lowest BCUT2D eigenvalue weighted by molar-refractivity contribution is 0.0499. The predicted octanol–water partition coefficient (Wildman–Crippen LogP) is 6.51. The van der Waals surface area contributed by atoms with E-state index in [1.807, 2.05) is 56.3 Å². The predicted molar refractivity (Wildman–Crippen MR) is 126 cm³/mol. The SMILES string of the molecule is CCCCOC(=O)c1cncc(Nc2ccc(C(=S)c3ccccc3C)c(Cl)c2)c1. The molecule has 0 saturated heterocycles. The number of nitrogens with one attached hydrogen (secondary N) is 1. The van der Waals surface area contributed by atoms with Crippen LogP contribution in [-0.2, 0) is 4.74 Å². The van der Waals surface area contributed by atoms with Gasteiger partial charge in [-0.2, -0.15) is 0 Å². The number of aromatic nitrogens is 1. The molecule has 6 heteroatoms. The first-order valence-corrected chi connectivity index (χ1v) is 10.6. The van der Waals surface area contributed by atoms with Gasteiger partial charge < -0.3 is 10.1 Å². The van der Waals surface area contributed by atoms with Crippen LogP contribution in [0.4, 0.5) is 11.4 Å². The molecular formula is C24H23ClN2O2S. The highest BCUT2D eigenvalue weighted by Gasteiger charge is 2.12. The molecule has 1 N–H and O–H groups in total. The Morgan fingerprint density at radius 3 is 2.63 bits per heavy atom. The summed E-state index contributed by atoms with van der Waals surface area (Å²) >= 11 is 12.2. The summed E-state index contributed by atoms with van der Waals surface area (Å²) in [6, 6.07) is 15.3. The van der Waals surface area contributed by atoms with Gasteiger partial charge in [-0.1, -0.05) is 61.4 Å². The van der Waals surface area contributed by atoms with Gasteiger partial charge in [0.15, 0.2) is 0 Å². The number of ether oxygens (including phenoxy) is 1. The van der Waals surface area contributed by atoms with E-state index in [0.29, 0.717) is 27.7 Å². The topological polar surface area (TPSA) is 51.2 Å². The largest absolute Gasteiger partial charge is 0.462 e. The van der Waals surface area contributed by atoms with Crippen molar-refractivity contribution >= 4 is 46.0 Å². The molecule has 154 valence electrons. The van der Waals surface area contributed by atoms with Crippen LogP contribution in [0.15, 0.2) is 60.9 Å². The lowest BCUT2D eigenvalue weighted by Crippen LogP contribution is -2.07. The highest BCUT2D eigenvalue weighted by atomic mass is 35.5. The minimum absolute atomic E-state index is 0.378. The van der Waals surface area contributed by atoms with Crippen LogP contribution in [0.3, 0.4) is 0 Å². The standard InChI is InChI=1S/C24H23ClN2O2S/c1-3-4-11-29-24(28)17-12-19(15-26-14-17)27-18-9-10-21(22(25)13-18)23(30)20-8-6-5-7-16(20)2/h5-10,12-15,27H,3-4,11H2,1-2H3. The van der Waals surface area contributed by atoms with E-state index in [0.717, 1.165) is 35.2 Å². The van der Waals surface area contributed by atoms with Gasteiger partial charge >= 0.3 is 5.97 Å². The fraction of sp³-hybridized carbons (Fsp3) is 0.208. The number of nitrogens with zero attached hydrogens (tertiary/aromatic N) is 1.